The summed E-state index contributed by atoms with van der Waals surface area (Å²) in [7, 11) is 0. The SMILES string of the molecule is CCOC(=O)C1C(=O)C(=O)N2CCCCC12. The Balaban J connectivity index is 2.20. The molecule has 0 aromatic rings. The molecular weight excluding hydrogens is 210 g/mol. The van der Waals surface area contributed by atoms with Gasteiger partial charge in [0.15, 0.2) is 0 Å². The van der Waals surface area contributed by atoms with Crippen LogP contribution in [-0.2, 0) is 19.1 Å². The molecule has 88 valence electrons. The van der Waals surface area contributed by atoms with Crippen LogP contribution in [0.4, 0.5) is 0 Å². The molecule has 0 radical (unpaired) electrons. The molecule has 2 rings (SSSR count). The number of ketones is 1. The highest BCUT2D eigenvalue weighted by Gasteiger charge is 2.52. The molecule has 2 unspecified atom stereocenters. The van der Waals surface area contributed by atoms with E-state index in [9.17, 15) is 14.4 Å². The third-order valence-corrected chi connectivity index (χ3v) is 3.23. The van der Waals surface area contributed by atoms with Crippen LogP contribution in [0.25, 0.3) is 0 Å². The number of nitrogens with zero attached hydrogens (tertiary/aromatic N) is 1. The van der Waals surface area contributed by atoms with Gasteiger partial charge in [-0.2, -0.15) is 0 Å². The largest absolute Gasteiger partial charge is 0.465 e. The lowest BCUT2D eigenvalue weighted by Gasteiger charge is -2.30. The Kier molecular flexibility index (Phi) is 2.94. The second-order valence-corrected chi connectivity index (χ2v) is 4.16. The van der Waals surface area contributed by atoms with Crippen LogP contribution in [0.5, 0.6) is 0 Å². The predicted molar refractivity (Wildman–Crippen MR) is 54.5 cm³/mol. The molecule has 0 N–H and O–H groups in total. The molecule has 2 saturated heterocycles. The van der Waals surface area contributed by atoms with Crippen LogP contribution in [0.2, 0.25) is 0 Å². The van der Waals surface area contributed by atoms with E-state index in [0.29, 0.717) is 6.54 Å². The van der Waals surface area contributed by atoms with Gasteiger partial charge in [0.25, 0.3) is 5.91 Å². The molecule has 16 heavy (non-hydrogen) atoms. The number of rotatable bonds is 2. The van der Waals surface area contributed by atoms with Gasteiger partial charge in [0.05, 0.1) is 12.6 Å². The molecule has 0 saturated carbocycles. The van der Waals surface area contributed by atoms with Gasteiger partial charge >= 0.3 is 5.97 Å². The average Bonchev–Trinajstić information content (AvgIpc) is 2.53. The lowest BCUT2D eigenvalue weighted by atomic mass is 9.93. The molecule has 0 bridgehead atoms. The zero-order valence-corrected chi connectivity index (χ0v) is 9.27. The molecule has 1 amide bonds. The molecule has 0 aromatic carbocycles. The third kappa shape index (κ3) is 1.60. The molecule has 5 nitrogen and oxygen atoms in total. The monoisotopic (exact) mass is 225 g/mol. The van der Waals surface area contributed by atoms with Crippen molar-refractivity contribution >= 4 is 17.7 Å². The Labute approximate surface area is 93.7 Å². The van der Waals surface area contributed by atoms with E-state index in [0.717, 1.165) is 19.3 Å². The van der Waals surface area contributed by atoms with Crippen molar-refractivity contribution in [2.75, 3.05) is 13.2 Å². The fourth-order valence-electron chi connectivity index (χ4n) is 2.50. The van der Waals surface area contributed by atoms with E-state index < -0.39 is 23.6 Å². The Morgan fingerprint density at radius 3 is 2.88 bits per heavy atom. The van der Waals surface area contributed by atoms with Gasteiger partial charge in [-0.1, -0.05) is 0 Å². The van der Waals surface area contributed by atoms with E-state index in [-0.39, 0.29) is 12.6 Å². The second kappa shape index (κ2) is 4.23. The van der Waals surface area contributed by atoms with Crippen LogP contribution in [0.15, 0.2) is 0 Å². The highest BCUT2D eigenvalue weighted by molar-refractivity contribution is 6.42. The van der Waals surface area contributed by atoms with Crippen molar-refractivity contribution in [2.24, 2.45) is 5.92 Å². The van der Waals surface area contributed by atoms with Crippen molar-refractivity contribution in [2.45, 2.75) is 32.2 Å². The number of esters is 1. The lowest BCUT2D eigenvalue weighted by molar-refractivity contribution is -0.152. The number of ether oxygens (including phenoxy) is 1. The molecule has 2 aliphatic heterocycles. The fourth-order valence-corrected chi connectivity index (χ4v) is 2.50. The third-order valence-electron chi connectivity index (χ3n) is 3.23. The quantitative estimate of drug-likeness (QED) is 0.380. The van der Waals surface area contributed by atoms with E-state index in [1.54, 1.807) is 6.92 Å². The van der Waals surface area contributed by atoms with Crippen LogP contribution in [0.1, 0.15) is 26.2 Å². The van der Waals surface area contributed by atoms with Crippen molar-refractivity contribution in [3.05, 3.63) is 0 Å². The summed E-state index contributed by atoms with van der Waals surface area (Å²) >= 11 is 0. The molecule has 0 aromatic heterocycles. The number of carbonyl (C=O) groups excluding carboxylic acids is 3. The lowest BCUT2D eigenvalue weighted by Crippen LogP contribution is -2.41. The van der Waals surface area contributed by atoms with Gasteiger partial charge < -0.3 is 9.64 Å². The Morgan fingerprint density at radius 1 is 1.44 bits per heavy atom. The standard InChI is InChI=1S/C11H15NO4/c1-2-16-11(15)8-7-5-3-4-6-12(7)10(14)9(8)13/h7-8H,2-6H2,1H3. The number of piperidine rings is 1. The molecule has 2 fully saturated rings. The topological polar surface area (TPSA) is 63.7 Å². The number of amides is 1. The Morgan fingerprint density at radius 2 is 2.19 bits per heavy atom. The number of carbonyl (C=O) groups is 3. The van der Waals surface area contributed by atoms with E-state index >= 15 is 0 Å². The minimum Gasteiger partial charge on any atom is -0.465 e. The summed E-state index contributed by atoms with van der Waals surface area (Å²) in [5, 5.41) is 0. The first kappa shape index (κ1) is 11.1. The summed E-state index contributed by atoms with van der Waals surface area (Å²) in [6, 6.07) is -0.257. The molecular formula is C11H15NO4. The van der Waals surface area contributed by atoms with Crippen LogP contribution in [-0.4, -0.2) is 41.8 Å². The maximum absolute atomic E-state index is 11.7. The zero-order valence-electron chi connectivity index (χ0n) is 9.27. The molecule has 0 spiro atoms. The summed E-state index contributed by atoms with van der Waals surface area (Å²) in [6.45, 7) is 2.52. The van der Waals surface area contributed by atoms with Gasteiger partial charge in [-0.05, 0) is 26.2 Å². The van der Waals surface area contributed by atoms with E-state index in [1.807, 2.05) is 0 Å². The van der Waals surface area contributed by atoms with Gasteiger partial charge in [0.1, 0.15) is 5.92 Å². The normalized spacial score (nSPS) is 29.2. The van der Waals surface area contributed by atoms with E-state index in [1.165, 1.54) is 4.90 Å². The average molecular weight is 225 g/mol. The minimum absolute atomic E-state index is 0.240. The van der Waals surface area contributed by atoms with Gasteiger partial charge in [-0.25, -0.2) is 0 Å². The summed E-state index contributed by atoms with van der Waals surface area (Å²) in [4.78, 5) is 36.5. The number of fused-ring (bicyclic) bond motifs is 1. The highest BCUT2D eigenvalue weighted by Crippen LogP contribution is 2.31. The van der Waals surface area contributed by atoms with Crippen LogP contribution in [0.3, 0.4) is 0 Å². The highest BCUT2D eigenvalue weighted by atomic mass is 16.5. The fraction of sp³-hybridized carbons (Fsp3) is 0.727. The molecule has 2 aliphatic rings. The maximum Gasteiger partial charge on any atom is 0.319 e. The van der Waals surface area contributed by atoms with Crippen LogP contribution < -0.4 is 0 Å². The predicted octanol–water partition coefficient (Wildman–Crippen LogP) is 0.129. The van der Waals surface area contributed by atoms with E-state index in [4.69, 9.17) is 4.74 Å². The second-order valence-electron chi connectivity index (χ2n) is 4.16. The van der Waals surface area contributed by atoms with E-state index in [2.05, 4.69) is 0 Å². The molecule has 2 atom stereocenters. The Bertz CT molecular complexity index is 339. The van der Waals surface area contributed by atoms with Crippen LogP contribution in [0, 0.1) is 5.92 Å². The molecule has 5 heteroatoms. The van der Waals surface area contributed by atoms with Gasteiger partial charge in [-0.3, -0.25) is 14.4 Å². The number of hydrogen-bond donors (Lipinski definition) is 0. The van der Waals surface area contributed by atoms with Crippen molar-refractivity contribution in [3.8, 4) is 0 Å². The minimum atomic E-state index is -0.882. The number of hydrogen-bond acceptors (Lipinski definition) is 4. The van der Waals surface area contributed by atoms with Crippen LogP contribution >= 0.6 is 0 Å². The molecule has 0 aliphatic carbocycles. The zero-order chi connectivity index (χ0) is 11.7. The first-order valence-electron chi connectivity index (χ1n) is 5.68. The Hall–Kier alpha value is -1.39. The maximum atomic E-state index is 11.7. The first-order valence-corrected chi connectivity index (χ1v) is 5.68. The van der Waals surface area contributed by atoms with Crippen molar-refractivity contribution in [3.63, 3.8) is 0 Å². The smallest absolute Gasteiger partial charge is 0.319 e. The van der Waals surface area contributed by atoms with Crippen molar-refractivity contribution in [1.82, 2.24) is 4.90 Å². The summed E-state index contributed by atoms with van der Waals surface area (Å²) in [6.07, 6.45) is 2.59. The molecule has 2 heterocycles. The van der Waals surface area contributed by atoms with Crippen molar-refractivity contribution < 1.29 is 19.1 Å². The van der Waals surface area contributed by atoms with Gasteiger partial charge in [0.2, 0.25) is 5.78 Å². The summed E-state index contributed by atoms with van der Waals surface area (Å²) < 4.78 is 4.85. The van der Waals surface area contributed by atoms with Gasteiger partial charge in [-0.15, -0.1) is 0 Å². The van der Waals surface area contributed by atoms with Crippen molar-refractivity contribution in [1.29, 1.82) is 0 Å². The number of Topliss-reactive ketones (excluding diaryl/α,β-unsaturated/α-hetero) is 1. The summed E-state index contributed by atoms with van der Waals surface area (Å²) in [5.41, 5.74) is 0. The summed E-state index contributed by atoms with van der Waals surface area (Å²) in [5.74, 6) is -2.53. The van der Waals surface area contributed by atoms with Gasteiger partial charge in [0, 0.05) is 6.54 Å². The first-order chi connectivity index (χ1) is 7.66.